The zero-order chi connectivity index (χ0) is 14.4. The summed E-state index contributed by atoms with van der Waals surface area (Å²) < 4.78 is 0. The van der Waals surface area contributed by atoms with Crippen molar-refractivity contribution in [1.82, 2.24) is 4.90 Å². The highest BCUT2D eigenvalue weighted by Crippen LogP contribution is 2.36. The molecule has 0 aromatic heterocycles. The summed E-state index contributed by atoms with van der Waals surface area (Å²) in [6.07, 6.45) is 6.26. The summed E-state index contributed by atoms with van der Waals surface area (Å²) in [6.45, 7) is 7.78. The van der Waals surface area contributed by atoms with Crippen molar-refractivity contribution in [1.29, 1.82) is 0 Å². The van der Waals surface area contributed by atoms with E-state index >= 15 is 0 Å². The first-order valence-electron chi connectivity index (χ1n) is 8.33. The fraction of sp³-hybridized carbons (Fsp3) is 0.667. The Morgan fingerprint density at radius 3 is 2.70 bits per heavy atom. The summed E-state index contributed by atoms with van der Waals surface area (Å²) in [5.74, 6) is 0.608. The molecule has 1 aliphatic rings. The van der Waals surface area contributed by atoms with Gasteiger partial charge in [-0.25, -0.2) is 0 Å². The maximum atomic E-state index is 6.12. The van der Waals surface area contributed by atoms with Crippen LogP contribution in [0.1, 0.15) is 56.7 Å². The molecule has 2 atom stereocenters. The van der Waals surface area contributed by atoms with E-state index in [0.717, 1.165) is 13.0 Å². The molecule has 1 aromatic rings. The minimum atomic E-state index is 0.526. The van der Waals surface area contributed by atoms with Gasteiger partial charge in [-0.1, -0.05) is 44.5 Å². The zero-order valence-corrected chi connectivity index (χ0v) is 13.1. The molecule has 0 radical (unpaired) electrons. The molecule has 2 unspecified atom stereocenters. The molecule has 0 bridgehead atoms. The van der Waals surface area contributed by atoms with Gasteiger partial charge in [-0.2, -0.15) is 0 Å². The molecule has 1 aromatic carbocycles. The lowest BCUT2D eigenvalue weighted by molar-refractivity contribution is 0.157. The lowest BCUT2D eigenvalue weighted by Crippen LogP contribution is -2.36. The van der Waals surface area contributed by atoms with Crippen molar-refractivity contribution in [2.75, 3.05) is 19.6 Å². The van der Waals surface area contributed by atoms with E-state index in [1.54, 1.807) is 0 Å². The SMILES string of the molecule is CCCN1CCCCC(CN)C1c1ccccc1CC. The normalized spacial score (nSPS) is 24.6. The first kappa shape index (κ1) is 15.5. The molecule has 2 heteroatoms. The van der Waals surface area contributed by atoms with Crippen LogP contribution in [0.4, 0.5) is 0 Å². The van der Waals surface area contributed by atoms with Crippen LogP contribution in [0.2, 0.25) is 0 Å². The molecule has 0 aliphatic carbocycles. The third-order valence-electron chi connectivity index (χ3n) is 4.68. The van der Waals surface area contributed by atoms with E-state index in [9.17, 15) is 0 Å². The number of nitrogens with two attached hydrogens (primary N) is 1. The molecule has 1 fully saturated rings. The van der Waals surface area contributed by atoms with Gasteiger partial charge in [-0.15, -0.1) is 0 Å². The highest BCUT2D eigenvalue weighted by molar-refractivity contribution is 5.31. The summed E-state index contributed by atoms with van der Waals surface area (Å²) in [7, 11) is 0. The van der Waals surface area contributed by atoms with Crippen LogP contribution in [-0.2, 0) is 6.42 Å². The molecular weight excluding hydrogens is 244 g/mol. The molecule has 1 aliphatic heterocycles. The van der Waals surface area contributed by atoms with Gasteiger partial charge in [-0.05, 0) is 62.4 Å². The van der Waals surface area contributed by atoms with Gasteiger partial charge in [0.15, 0.2) is 0 Å². The Bertz CT molecular complexity index is 402. The van der Waals surface area contributed by atoms with Crippen molar-refractivity contribution in [2.24, 2.45) is 11.7 Å². The molecule has 112 valence electrons. The maximum absolute atomic E-state index is 6.12. The van der Waals surface area contributed by atoms with Crippen molar-refractivity contribution in [3.05, 3.63) is 35.4 Å². The smallest absolute Gasteiger partial charge is 0.0391 e. The van der Waals surface area contributed by atoms with Gasteiger partial charge in [-0.3, -0.25) is 4.90 Å². The molecular formula is C18H30N2. The predicted octanol–water partition coefficient (Wildman–Crippen LogP) is 3.76. The Morgan fingerprint density at radius 2 is 2.00 bits per heavy atom. The standard InChI is InChI=1S/C18H30N2/c1-3-12-20-13-8-7-10-16(14-19)18(20)17-11-6-5-9-15(17)4-2/h5-6,9,11,16,18H,3-4,7-8,10,12-14,19H2,1-2H3. The third kappa shape index (κ3) is 3.42. The van der Waals surface area contributed by atoms with Crippen LogP contribution in [0.15, 0.2) is 24.3 Å². The maximum Gasteiger partial charge on any atom is 0.0391 e. The van der Waals surface area contributed by atoms with E-state index in [-0.39, 0.29) is 0 Å². The average Bonchev–Trinajstić information content (AvgIpc) is 2.69. The van der Waals surface area contributed by atoms with Crippen LogP contribution in [-0.4, -0.2) is 24.5 Å². The molecule has 0 amide bonds. The fourth-order valence-electron chi connectivity index (χ4n) is 3.70. The Morgan fingerprint density at radius 1 is 1.20 bits per heavy atom. The monoisotopic (exact) mass is 274 g/mol. The summed E-state index contributed by atoms with van der Waals surface area (Å²) in [6, 6.07) is 9.51. The van der Waals surface area contributed by atoms with Gasteiger partial charge in [0.1, 0.15) is 0 Å². The molecule has 2 N–H and O–H groups in total. The lowest BCUT2D eigenvalue weighted by Gasteiger charge is -2.36. The molecule has 1 heterocycles. The van der Waals surface area contributed by atoms with Crippen molar-refractivity contribution >= 4 is 0 Å². The molecule has 0 saturated carbocycles. The number of aryl methyl sites for hydroxylation is 1. The molecule has 20 heavy (non-hydrogen) atoms. The van der Waals surface area contributed by atoms with Gasteiger partial charge < -0.3 is 5.73 Å². The second-order valence-corrected chi connectivity index (χ2v) is 6.02. The highest BCUT2D eigenvalue weighted by atomic mass is 15.2. The third-order valence-corrected chi connectivity index (χ3v) is 4.68. The Labute approximate surface area is 124 Å². The van der Waals surface area contributed by atoms with Crippen molar-refractivity contribution in [2.45, 2.75) is 52.0 Å². The minimum Gasteiger partial charge on any atom is -0.330 e. The average molecular weight is 274 g/mol. The van der Waals surface area contributed by atoms with Gasteiger partial charge in [0.2, 0.25) is 0 Å². The van der Waals surface area contributed by atoms with Crippen molar-refractivity contribution in [3.8, 4) is 0 Å². The minimum absolute atomic E-state index is 0.526. The molecule has 2 nitrogen and oxygen atoms in total. The fourth-order valence-corrected chi connectivity index (χ4v) is 3.70. The second-order valence-electron chi connectivity index (χ2n) is 6.02. The van der Waals surface area contributed by atoms with E-state index < -0.39 is 0 Å². The largest absolute Gasteiger partial charge is 0.330 e. The van der Waals surface area contributed by atoms with E-state index in [0.29, 0.717) is 12.0 Å². The quantitative estimate of drug-likeness (QED) is 0.886. The van der Waals surface area contributed by atoms with Crippen LogP contribution in [0.25, 0.3) is 0 Å². The van der Waals surface area contributed by atoms with Gasteiger partial charge in [0.05, 0.1) is 0 Å². The second kappa shape index (κ2) is 7.80. The first-order valence-corrected chi connectivity index (χ1v) is 8.33. The summed E-state index contributed by atoms with van der Waals surface area (Å²) in [5, 5.41) is 0. The van der Waals surface area contributed by atoms with Crippen LogP contribution in [0.5, 0.6) is 0 Å². The van der Waals surface area contributed by atoms with Crippen LogP contribution in [0.3, 0.4) is 0 Å². The number of benzene rings is 1. The number of likely N-dealkylation sites (tertiary alicyclic amines) is 1. The molecule has 1 saturated heterocycles. The van der Waals surface area contributed by atoms with E-state index in [2.05, 4.69) is 43.0 Å². The Kier molecular flexibility index (Phi) is 6.06. The molecule has 0 spiro atoms. The van der Waals surface area contributed by atoms with E-state index in [1.165, 1.54) is 49.9 Å². The summed E-state index contributed by atoms with van der Waals surface area (Å²) >= 11 is 0. The van der Waals surface area contributed by atoms with Crippen molar-refractivity contribution in [3.63, 3.8) is 0 Å². The predicted molar refractivity (Wildman–Crippen MR) is 86.8 cm³/mol. The Balaban J connectivity index is 2.37. The van der Waals surface area contributed by atoms with Crippen molar-refractivity contribution < 1.29 is 0 Å². The first-order chi connectivity index (χ1) is 9.81. The van der Waals surface area contributed by atoms with E-state index in [4.69, 9.17) is 5.73 Å². The van der Waals surface area contributed by atoms with Gasteiger partial charge in [0, 0.05) is 6.04 Å². The van der Waals surface area contributed by atoms with Crippen LogP contribution in [0, 0.1) is 5.92 Å². The highest BCUT2D eigenvalue weighted by Gasteiger charge is 2.30. The van der Waals surface area contributed by atoms with Crippen LogP contribution < -0.4 is 5.73 Å². The number of hydrogen-bond acceptors (Lipinski definition) is 2. The van der Waals surface area contributed by atoms with Crippen LogP contribution >= 0.6 is 0 Å². The topological polar surface area (TPSA) is 29.3 Å². The van der Waals surface area contributed by atoms with Gasteiger partial charge in [0.25, 0.3) is 0 Å². The summed E-state index contributed by atoms with van der Waals surface area (Å²) in [4.78, 5) is 2.69. The number of rotatable bonds is 5. The number of nitrogens with zero attached hydrogens (tertiary/aromatic N) is 1. The number of hydrogen-bond donors (Lipinski definition) is 1. The summed E-state index contributed by atoms with van der Waals surface area (Å²) in [5.41, 5.74) is 9.15. The Hall–Kier alpha value is -0.860. The lowest BCUT2D eigenvalue weighted by atomic mass is 9.86. The molecule has 2 rings (SSSR count). The zero-order valence-electron chi connectivity index (χ0n) is 13.1. The van der Waals surface area contributed by atoms with E-state index in [1.807, 2.05) is 0 Å². The van der Waals surface area contributed by atoms with Gasteiger partial charge >= 0.3 is 0 Å².